The lowest BCUT2D eigenvalue weighted by Gasteiger charge is -2.40. The van der Waals surface area contributed by atoms with Gasteiger partial charge in [-0.1, -0.05) is 55.7 Å². The van der Waals surface area contributed by atoms with Crippen molar-refractivity contribution in [2.24, 2.45) is 17.6 Å². The molecule has 4 aliphatic heterocycles. The predicted octanol–water partition coefficient (Wildman–Crippen LogP) is 3.39. The smallest absolute Gasteiger partial charge is 0.410 e. The highest BCUT2D eigenvalue weighted by atomic mass is 32.2. The quantitative estimate of drug-likeness (QED) is 0.162. The number of piperidine rings is 1. The molecule has 5 amide bonds. The lowest BCUT2D eigenvalue weighted by molar-refractivity contribution is -0.139. The summed E-state index contributed by atoms with van der Waals surface area (Å²) in [5.74, 6) is -2.14. The molecule has 1 aliphatic carbocycles. The van der Waals surface area contributed by atoms with Crippen LogP contribution in [0, 0.1) is 11.8 Å². The molecule has 0 bridgehead atoms. The predicted molar refractivity (Wildman–Crippen MR) is 226 cm³/mol. The molecule has 1 aromatic carbocycles. The lowest BCUT2D eigenvalue weighted by atomic mass is 9.92. The van der Waals surface area contributed by atoms with Crippen molar-refractivity contribution < 1.29 is 46.6 Å². The number of fused-ring (bicyclic) bond motifs is 1. The van der Waals surface area contributed by atoms with Gasteiger partial charge in [0, 0.05) is 38.5 Å². The van der Waals surface area contributed by atoms with E-state index >= 15 is 0 Å². The van der Waals surface area contributed by atoms with Gasteiger partial charge in [0.05, 0.1) is 25.8 Å². The zero-order valence-corrected chi connectivity index (χ0v) is 36.7. The molecule has 0 spiro atoms. The zero-order chi connectivity index (χ0) is 43.7. The van der Waals surface area contributed by atoms with E-state index in [2.05, 4.69) is 27.1 Å². The number of carbonyl (C=O) groups is 5. The van der Waals surface area contributed by atoms with Gasteiger partial charge in [0.2, 0.25) is 17.7 Å². The van der Waals surface area contributed by atoms with E-state index < -0.39 is 63.9 Å². The summed E-state index contributed by atoms with van der Waals surface area (Å²) in [6.07, 6.45) is 9.69. The van der Waals surface area contributed by atoms with Crippen LogP contribution in [0.1, 0.15) is 102 Å². The minimum absolute atomic E-state index is 0.0285. The minimum atomic E-state index is -3.89. The number of morpholine rings is 1. The van der Waals surface area contributed by atoms with E-state index in [9.17, 15) is 32.4 Å². The molecule has 0 radical (unpaired) electrons. The van der Waals surface area contributed by atoms with Crippen molar-refractivity contribution in [1.29, 1.82) is 0 Å². The highest BCUT2D eigenvalue weighted by Crippen LogP contribution is 2.40. The van der Waals surface area contributed by atoms with Gasteiger partial charge in [0.1, 0.15) is 23.8 Å². The molecule has 338 valence electrons. The number of nitrogens with one attached hydrogen (secondary N) is 2. The second-order valence-corrected chi connectivity index (χ2v) is 19.6. The second kappa shape index (κ2) is 20.7. The highest BCUT2D eigenvalue weighted by Gasteiger charge is 2.45. The van der Waals surface area contributed by atoms with Crippen molar-refractivity contribution in [2.75, 3.05) is 59.0 Å². The molecule has 61 heavy (non-hydrogen) atoms. The van der Waals surface area contributed by atoms with E-state index in [1.165, 1.54) is 21.2 Å². The number of rotatable bonds is 16. The monoisotopic (exact) mass is 871 g/mol. The largest absolute Gasteiger partial charge is 0.444 e. The van der Waals surface area contributed by atoms with Gasteiger partial charge in [-0.25, -0.2) is 14.3 Å². The van der Waals surface area contributed by atoms with Gasteiger partial charge in [-0.05, 0) is 95.9 Å². The Kier molecular flexibility index (Phi) is 15.7. The van der Waals surface area contributed by atoms with E-state index in [-0.39, 0.29) is 50.4 Å². The Hall–Kier alpha value is -4.26. The van der Waals surface area contributed by atoms with Crippen molar-refractivity contribution in [3.8, 4) is 0 Å². The van der Waals surface area contributed by atoms with Crippen LogP contribution in [0.3, 0.4) is 0 Å². The fourth-order valence-electron chi connectivity index (χ4n) is 8.81. The standard InChI is InChI=1S/C43H65N7O10S/c1-43(2,3)60-41(54)45-35(17-9-6-4-5-8-15-31-26-34(31)39(52)46-61(56,57)48-22-24-58-25-23-48)40(53)50-28-32(27-36(50)38(44)51)59-42(55)49-21-18-30-14-10-11-16-33(30)37(49)29-47-19-12-7-13-20-47/h8,10-11,14-16,31-32,34-37H,4-7,9,12-13,17-29H2,1-3H3,(H2,44,51)(H,45,54)(H,46,52)/b15-8-/t31-,32-,34+,35+,36+,37?/m1/s1. The van der Waals surface area contributed by atoms with Gasteiger partial charge in [0.15, 0.2) is 0 Å². The van der Waals surface area contributed by atoms with Crippen LogP contribution >= 0.6 is 0 Å². The Morgan fingerprint density at radius 3 is 2.41 bits per heavy atom. The summed E-state index contributed by atoms with van der Waals surface area (Å²) in [5, 5.41) is 2.72. The van der Waals surface area contributed by atoms with Crippen LogP contribution in [0.25, 0.3) is 0 Å². The molecular weight excluding hydrogens is 807 g/mol. The van der Waals surface area contributed by atoms with E-state index in [1.54, 1.807) is 25.7 Å². The van der Waals surface area contributed by atoms with Gasteiger partial charge < -0.3 is 35.1 Å². The molecule has 1 aromatic rings. The van der Waals surface area contributed by atoms with Crippen molar-refractivity contribution in [3.05, 3.63) is 47.5 Å². The number of benzene rings is 1. The van der Waals surface area contributed by atoms with Crippen LogP contribution in [0.5, 0.6) is 0 Å². The van der Waals surface area contributed by atoms with Gasteiger partial charge in [-0.15, -0.1) is 0 Å². The number of likely N-dealkylation sites (tertiary alicyclic amines) is 2. The third-order valence-electron chi connectivity index (χ3n) is 12.1. The summed E-state index contributed by atoms with van der Waals surface area (Å²) < 4.78 is 45.3. The summed E-state index contributed by atoms with van der Waals surface area (Å²) in [6.45, 7) is 9.28. The van der Waals surface area contributed by atoms with Gasteiger partial charge in [-0.2, -0.15) is 12.7 Å². The molecule has 1 unspecified atom stereocenters. The number of ether oxygens (including phenoxy) is 3. The van der Waals surface area contributed by atoms with Crippen LogP contribution in [-0.2, 0) is 45.2 Å². The van der Waals surface area contributed by atoms with E-state index in [0.717, 1.165) is 37.9 Å². The maximum absolute atomic E-state index is 14.2. The Bertz CT molecular complexity index is 1860. The second-order valence-electron chi connectivity index (χ2n) is 17.9. The van der Waals surface area contributed by atoms with E-state index in [0.29, 0.717) is 58.4 Å². The van der Waals surface area contributed by atoms with Crippen molar-refractivity contribution >= 4 is 40.1 Å². The number of nitrogens with zero attached hydrogens (tertiary/aromatic N) is 4. The van der Waals surface area contributed by atoms with Gasteiger partial charge >= 0.3 is 22.4 Å². The van der Waals surface area contributed by atoms with E-state index in [1.807, 2.05) is 24.3 Å². The molecule has 6 rings (SSSR count). The summed E-state index contributed by atoms with van der Waals surface area (Å²) in [6, 6.07) is 5.96. The number of amides is 5. The fourth-order valence-corrected chi connectivity index (χ4v) is 9.97. The van der Waals surface area contributed by atoms with Gasteiger partial charge in [-0.3, -0.25) is 19.3 Å². The normalized spacial score (nSPS) is 25.4. The molecule has 18 heteroatoms. The first kappa shape index (κ1) is 46.2. The average molecular weight is 872 g/mol. The van der Waals surface area contributed by atoms with Crippen LogP contribution in [-0.4, -0.2) is 140 Å². The molecule has 17 nitrogen and oxygen atoms in total. The molecule has 4 heterocycles. The Morgan fingerprint density at radius 1 is 0.951 bits per heavy atom. The Labute approximate surface area is 360 Å². The molecule has 4 N–H and O–H groups in total. The topological polar surface area (TPSA) is 210 Å². The van der Waals surface area contributed by atoms with E-state index in [4.69, 9.17) is 19.9 Å². The number of hydrogen-bond acceptors (Lipinski definition) is 11. The summed E-state index contributed by atoms with van der Waals surface area (Å²) in [5.41, 5.74) is 7.35. The lowest BCUT2D eigenvalue weighted by Crippen LogP contribution is -2.53. The molecule has 1 saturated carbocycles. The summed E-state index contributed by atoms with van der Waals surface area (Å²) >= 11 is 0. The number of alkyl carbamates (subject to hydrolysis) is 1. The van der Waals surface area contributed by atoms with Crippen LogP contribution < -0.4 is 15.8 Å². The highest BCUT2D eigenvalue weighted by molar-refractivity contribution is 7.87. The molecular formula is C43H65N7O10S. The zero-order valence-electron chi connectivity index (χ0n) is 35.9. The number of primary amides is 1. The maximum Gasteiger partial charge on any atom is 0.410 e. The van der Waals surface area contributed by atoms with Gasteiger partial charge in [0.25, 0.3) is 0 Å². The number of hydrogen-bond donors (Lipinski definition) is 3. The first-order valence-corrected chi connectivity index (χ1v) is 23.5. The number of allylic oxidation sites excluding steroid dienone is 2. The SMILES string of the molecule is CC(C)(C)OC(=O)N[C@@H](CCCCC/C=C\[C@@H]1C[C@@H]1C(=O)NS(=O)(=O)N1CCOCC1)C(=O)N1C[C@H](OC(=O)N2CCc3ccccc3C2CN2CCCCC2)C[C@H]1C(N)=O. The average Bonchev–Trinajstić information content (AvgIpc) is 3.88. The third kappa shape index (κ3) is 12.9. The number of nitrogens with two attached hydrogens (primary N) is 1. The first-order valence-electron chi connectivity index (χ1n) is 22.0. The van der Waals surface area contributed by atoms with Crippen LogP contribution in [0.2, 0.25) is 0 Å². The van der Waals surface area contributed by atoms with Crippen LogP contribution in [0.15, 0.2) is 36.4 Å². The Morgan fingerprint density at radius 2 is 1.69 bits per heavy atom. The summed E-state index contributed by atoms with van der Waals surface area (Å²) in [4.78, 5) is 72.1. The fraction of sp³-hybridized carbons (Fsp3) is 0.698. The minimum Gasteiger partial charge on any atom is -0.444 e. The van der Waals surface area contributed by atoms with Crippen LogP contribution in [0.4, 0.5) is 9.59 Å². The third-order valence-corrected chi connectivity index (χ3v) is 13.6. The molecule has 3 saturated heterocycles. The number of unbranched alkanes of at least 4 members (excludes halogenated alkanes) is 3. The van der Waals surface area contributed by atoms with Crippen molar-refractivity contribution in [2.45, 2.75) is 121 Å². The molecule has 0 aromatic heterocycles. The molecule has 5 aliphatic rings. The number of carbonyl (C=O) groups excluding carboxylic acids is 5. The van der Waals surface area contributed by atoms with Crippen molar-refractivity contribution in [1.82, 2.24) is 29.0 Å². The first-order chi connectivity index (χ1) is 29.1. The molecule has 6 atom stereocenters. The molecule has 4 fully saturated rings. The Balaban J connectivity index is 1.02. The summed E-state index contributed by atoms with van der Waals surface area (Å²) in [7, 11) is -3.89. The maximum atomic E-state index is 14.2. The van der Waals surface area contributed by atoms with Crippen molar-refractivity contribution in [3.63, 3.8) is 0 Å².